The number of benzene rings is 1. The second-order valence-electron chi connectivity index (χ2n) is 6.21. The summed E-state index contributed by atoms with van der Waals surface area (Å²) in [5.41, 5.74) is 0.744. The van der Waals surface area contributed by atoms with Crippen molar-refractivity contribution in [3.63, 3.8) is 0 Å². The lowest BCUT2D eigenvalue weighted by Gasteiger charge is -2.22. The fourth-order valence-electron chi connectivity index (χ4n) is 3.56. The van der Waals surface area contributed by atoms with Crippen LogP contribution >= 0.6 is 0 Å². The third-order valence-corrected chi connectivity index (χ3v) is 4.83. The summed E-state index contributed by atoms with van der Waals surface area (Å²) in [6.07, 6.45) is -4.11. The number of carbonyl (C=O) groups is 2. The zero-order valence-corrected chi connectivity index (χ0v) is 12.7. The van der Waals surface area contributed by atoms with Gasteiger partial charge in [-0.25, -0.2) is 0 Å². The first kappa shape index (κ1) is 15.8. The summed E-state index contributed by atoms with van der Waals surface area (Å²) in [5.74, 6) is -1.50. The van der Waals surface area contributed by atoms with Gasteiger partial charge in [-0.1, -0.05) is 6.07 Å². The third-order valence-electron chi connectivity index (χ3n) is 4.83. The first-order valence-electron chi connectivity index (χ1n) is 7.24. The molecule has 1 aromatic rings. The lowest BCUT2D eigenvalue weighted by molar-refractivity contribution is -0.184. The Balaban J connectivity index is 1.88. The molecule has 1 aromatic carbocycles. The number of Topliss-reactive ketones (excluding diaryl/α,β-unsaturated/α-hetero) is 1. The summed E-state index contributed by atoms with van der Waals surface area (Å²) in [6, 6.07) is 5.11. The molecule has 1 aliphatic heterocycles. The van der Waals surface area contributed by atoms with Crippen LogP contribution in [-0.4, -0.2) is 43.0 Å². The van der Waals surface area contributed by atoms with E-state index in [1.807, 2.05) is 0 Å². The molecule has 1 heterocycles. The Bertz CT molecular complexity index is 686. The average Bonchev–Trinajstić information content (AvgIpc) is 3.06. The Hall–Kier alpha value is -2.05. The van der Waals surface area contributed by atoms with Crippen molar-refractivity contribution in [3.05, 3.63) is 29.3 Å². The van der Waals surface area contributed by atoms with E-state index in [1.165, 1.54) is 14.0 Å². The maximum absolute atomic E-state index is 12.6. The van der Waals surface area contributed by atoms with E-state index in [0.29, 0.717) is 11.3 Å². The summed E-state index contributed by atoms with van der Waals surface area (Å²) in [4.78, 5) is 24.0. The van der Waals surface area contributed by atoms with Crippen LogP contribution in [0.15, 0.2) is 18.2 Å². The molecule has 2 fully saturated rings. The number of fused-ring (bicyclic) bond motifs is 1. The van der Waals surface area contributed by atoms with Gasteiger partial charge in [-0.2, -0.15) is 13.2 Å². The summed E-state index contributed by atoms with van der Waals surface area (Å²) in [7, 11) is 1.46. The molecular formula is C16H16F3NO3. The number of piperidine rings is 1. The minimum Gasteiger partial charge on any atom is -0.496 e. The quantitative estimate of drug-likeness (QED) is 0.802. The van der Waals surface area contributed by atoms with Crippen LogP contribution in [0.1, 0.15) is 29.3 Å². The molecular weight excluding hydrogens is 311 g/mol. The Kier molecular flexibility index (Phi) is 3.42. The lowest BCUT2D eigenvalue weighted by atomic mass is 9.92. The Morgan fingerprint density at radius 2 is 2.04 bits per heavy atom. The first-order chi connectivity index (χ1) is 10.7. The van der Waals surface area contributed by atoms with Gasteiger partial charge in [-0.3, -0.25) is 9.59 Å². The largest absolute Gasteiger partial charge is 0.496 e. The van der Waals surface area contributed by atoms with E-state index in [2.05, 4.69) is 0 Å². The van der Waals surface area contributed by atoms with Crippen molar-refractivity contribution in [2.24, 2.45) is 5.92 Å². The van der Waals surface area contributed by atoms with E-state index in [0.717, 1.165) is 16.9 Å². The zero-order valence-electron chi connectivity index (χ0n) is 12.7. The van der Waals surface area contributed by atoms with Gasteiger partial charge in [0.25, 0.3) is 0 Å². The molecule has 2 atom stereocenters. The van der Waals surface area contributed by atoms with Crippen LogP contribution < -0.4 is 4.74 Å². The molecule has 0 radical (unpaired) electrons. The first-order valence-corrected chi connectivity index (χ1v) is 7.24. The smallest absolute Gasteiger partial charge is 0.471 e. The molecule has 1 aliphatic carbocycles. The predicted molar refractivity (Wildman–Crippen MR) is 75.4 cm³/mol. The van der Waals surface area contributed by atoms with Gasteiger partial charge in [0.15, 0.2) is 5.78 Å². The molecule has 1 amide bonds. The number of amides is 1. The number of nitrogens with zero attached hydrogens (tertiary/aromatic N) is 1. The van der Waals surface area contributed by atoms with Crippen LogP contribution in [0.2, 0.25) is 0 Å². The molecule has 2 aliphatic rings. The Morgan fingerprint density at radius 1 is 1.35 bits per heavy atom. The number of carbonyl (C=O) groups excluding carboxylic acids is 2. The fourth-order valence-corrected chi connectivity index (χ4v) is 3.56. The lowest BCUT2D eigenvalue weighted by Crippen LogP contribution is -2.41. The molecule has 0 spiro atoms. The van der Waals surface area contributed by atoms with Gasteiger partial charge in [-0.05, 0) is 37.0 Å². The minimum absolute atomic E-state index is 0.0157. The van der Waals surface area contributed by atoms with E-state index >= 15 is 0 Å². The molecule has 4 nitrogen and oxygen atoms in total. The van der Waals surface area contributed by atoms with Gasteiger partial charge in [0, 0.05) is 18.5 Å². The van der Waals surface area contributed by atoms with Gasteiger partial charge in [-0.15, -0.1) is 0 Å². The number of halogens is 3. The van der Waals surface area contributed by atoms with Crippen molar-refractivity contribution < 1.29 is 27.5 Å². The highest BCUT2D eigenvalue weighted by Crippen LogP contribution is 2.59. The molecule has 0 bridgehead atoms. The van der Waals surface area contributed by atoms with E-state index in [-0.39, 0.29) is 24.8 Å². The molecule has 7 heteroatoms. The number of ether oxygens (including phenoxy) is 1. The number of rotatable bonds is 3. The zero-order chi connectivity index (χ0) is 17.0. The van der Waals surface area contributed by atoms with Gasteiger partial charge in [0.2, 0.25) is 0 Å². The van der Waals surface area contributed by atoms with E-state index < -0.39 is 17.5 Å². The minimum atomic E-state index is -4.84. The van der Waals surface area contributed by atoms with Crippen molar-refractivity contribution in [1.82, 2.24) is 4.90 Å². The molecule has 1 saturated carbocycles. The topological polar surface area (TPSA) is 46.6 Å². The third kappa shape index (κ3) is 2.48. The van der Waals surface area contributed by atoms with Crippen molar-refractivity contribution in [3.8, 4) is 5.75 Å². The molecule has 124 valence electrons. The number of hydrogen-bond donors (Lipinski definition) is 0. The summed E-state index contributed by atoms with van der Waals surface area (Å²) in [5, 5.41) is 0. The van der Waals surface area contributed by atoms with E-state index in [9.17, 15) is 22.8 Å². The van der Waals surface area contributed by atoms with Gasteiger partial charge >= 0.3 is 12.1 Å². The molecule has 3 rings (SSSR count). The van der Waals surface area contributed by atoms with Crippen LogP contribution in [-0.2, 0) is 10.2 Å². The highest BCUT2D eigenvalue weighted by molar-refractivity contribution is 5.97. The fraction of sp³-hybridized carbons (Fsp3) is 0.500. The van der Waals surface area contributed by atoms with Crippen LogP contribution in [0, 0.1) is 5.92 Å². The second kappa shape index (κ2) is 4.97. The summed E-state index contributed by atoms with van der Waals surface area (Å²) < 4.78 is 42.9. The van der Waals surface area contributed by atoms with Crippen LogP contribution in [0.25, 0.3) is 0 Å². The second-order valence-corrected chi connectivity index (χ2v) is 6.21. The number of alkyl halides is 3. The molecule has 1 saturated heterocycles. The van der Waals surface area contributed by atoms with Gasteiger partial charge in [0.05, 0.1) is 12.7 Å². The van der Waals surface area contributed by atoms with E-state index in [1.54, 1.807) is 18.2 Å². The number of methoxy groups -OCH3 is 1. The maximum atomic E-state index is 12.6. The summed E-state index contributed by atoms with van der Waals surface area (Å²) >= 11 is 0. The van der Waals surface area contributed by atoms with Crippen molar-refractivity contribution in [2.45, 2.75) is 24.9 Å². The van der Waals surface area contributed by atoms with Gasteiger partial charge < -0.3 is 9.64 Å². The van der Waals surface area contributed by atoms with Crippen LogP contribution in [0.5, 0.6) is 5.75 Å². The predicted octanol–water partition coefficient (Wildman–Crippen LogP) is 2.56. The van der Waals surface area contributed by atoms with Crippen molar-refractivity contribution in [2.75, 3.05) is 20.2 Å². The van der Waals surface area contributed by atoms with Crippen LogP contribution in [0.4, 0.5) is 13.2 Å². The Labute approximate surface area is 131 Å². The maximum Gasteiger partial charge on any atom is 0.471 e. The SMILES string of the molecule is COc1ccc([C@@]23CC2CN(C(=O)C(F)(F)F)C3)cc1C(C)=O. The highest BCUT2D eigenvalue weighted by Gasteiger charge is 2.63. The average molecular weight is 327 g/mol. The van der Waals surface area contributed by atoms with Crippen molar-refractivity contribution >= 4 is 11.7 Å². The number of likely N-dealkylation sites (tertiary alicyclic amines) is 1. The monoisotopic (exact) mass is 327 g/mol. The van der Waals surface area contributed by atoms with Crippen LogP contribution in [0.3, 0.4) is 0 Å². The Morgan fingerprint density at radius 3 is 2.61 bits per heavy atom. The van der Waals surface area contributed by atoms with E-state index in [4.69, 9.17) is 4.74 Å². The molecule has 23 heavy (non-hydrogen) atoms. The van der Waals surface area contributed by atoms with Crippen molar-refractivity contribution in [1.29, 1.82) is 0 Å². The molecule has 0 aromatic heterocycles. The van der Waals surface area contributed by atoms with Gasteiger partial charge in [0.1, 0.15) is 5.75 Å². The molecule has 0 N–H and O–H groups in total. The summed E-state index contributed by atoms with van der Waals surface area (Å²) in [6.45, 7) is 1.57. The normalized spacial score (nSPS) is 26.0. The highest BCUT2D eigenvalue weighted by atomic mass is 19.4. The standard InChI is InChI=1S/C16H16F3NO3/c1-9(21)12-5-10(3-4-13(12)23-2)15-6-11(15)7-20(8-15)14(22)16(17,18)19/h3-5,11H,6-8H2,1-2H3/t11?,15-/m0/s1. The number of ketones is 1. The molecule has 1 unspecified atom stereocenters. The number of hydrogen-bond acceptors (Lipinski definition) is 3.